The molecule has 0 radical (unpaired) electrons. The van der Waals surface area contributed by atoms with Crippen LogP contribution in [-0.2, 0) is 0 Å². The van der Waals surface area contributed by atoms with Gasteiger partial charge in [-0.05, 0) is 43.8 Å². The van der Waals surface area contributed by atoms with Crippen molar-refractivity contribution < 1.29 is 9.66 Å². The number of anilines is 1. The molecule has 25 heavy (non-hydrogen) atoms. The van der Waals surface area contributed by atoms with Crippen LogP contribution in [0.2, 0.25) is 0 Å². The highest BCUT2D eigenvalue weighted by Crippen LogP contribution is 2.46. The van der Waals surface area contributed by atoms with E-state index in [2.05, 4.69) is 5.32 Å². The number of non-ortho nitro benzene ring substituents is 1. The summed E-state index contributed by atoms with van der Waals surface area (Å²) in [5.41, 5.74) is 2.27. The van der Waals surface area contributed by atoms with Gasteiger partial charge in [0.2, 0.25) is 0 Å². The molecule has 4 rings (SSSR count). The summed E-state index contributed by atoms with van der Waals surface area (Å²) in [6.07, 6.45) is 0.635. The van der Waals surface area contributed by atoms with E-state index in [1.165, 1.54) is 6.07 Å². The van der Waals surface area contributed by atoms with Gasteiger partial charge in [-0.15, -0.1) is 0 Å². The van der Waals surface area contributed by atoms with Crippen LogP contribution in [0.5, 0.6) is 5.75 Å². The van der Waals surface area contributed by atoms with E-state index in [1.54, 1.807) is 12.1 Å². The number of ether oxygens (including phenoxy) is 1. The minimum absolute atomic E-state index is 0.0556. The Hall–Kier alpha value is -2.67. The molecular formula is C18H17N3O3S. The molecule has 2 aromatic rings. The Morgan fingerprint density at radius 2 is 2.12 bits per heavy atom. The van der Waals surface area contributed by atoms with Crippen LogP contribution in [0.1, 0.15) is 30.5 Å². The van der Waals surface area contributed by atoms with Gasteiger partial charge in [0.25, 0.3) is 5.69 Å². The number of fused-ring (bicyclic) bond motifs is 4. The molecule has 128 valence electrons. The molecule has 0 aliphatic carbocycles. The third kappa shape index (κ3) is 2.42. The second kappa shape index (κ2) is 5.42. The zero-order valence-corrected chi connectivity index (χ0v) is 14.7. The van der Waals surface area contributed by atoms with Crippen molar-refractivity contribution in [2.45, 2.75) is 32.0 Å². The van der Waals surface area contributed by atoms with Crippen LogP contribution in [0.4, 0.5) is 11.4 Å². The van der Waals surface area contributed by atoms with Crippen molar-refractivity contribution in [1.82, 2.24) is 5.32 Å². The van der Waals surface area contributed by atoms with Crippen molar-refractivity contribution in [2.75, 3.05) is 4.90 Å². The molecule has 1 saturated heterocycles. The van der Waals surface area contributed by atoms with Gasteiger partial charge >= 0.3 is 0 Å². The van der Waals surface area contributed by atoms with Gasteiger partial charge in [0.05, 0.1) is 11.0 Å². The van der Waals surface area contributed by atoms with Crippen molar-refractivity contribution in [3.63, 3.8) is 0 Å². The topological polar surface area (TPSA) is 67.6 Å². The first kappa shape index (κ1) is 15.8. The standard InChI is InChI=1S/C18H17N3O3S/c1-11-5-3-4-6-15(11)20-17(25)19-14-10-18(20,2)24-16-8-7-12(21(22)23)9-13(14)16/h3-9,14H,10H2,1-2H3,(H,19,25)/t14-,18+/m0/s1. The van der Waals surface area contributed by atoms with Crippen LogP contribution >= 0.6 is 12.2 Å². The predicted octanol–water partition coefficient (Wildman–Crippen LogP) is 3.84. The van der Waals surface area contributed by atoms with Crippen LogP contribution in [-0.4, -0.2) is 15.8 Å². The third-order valence-corrected chi connectivity index (χ3v) is 5.12. The Balaban J connectivity index is 1.80. The second-order valence-electron chi connectivity index (χ2n) is 6.58. The Morgan fingerprint density at radius 3 is 2.84 bits per heavy atom. The van der Waals surface area contributed by atoms with Crippen LogP contribution < -0.4 is 15.0 Å². The van der Waals surface area contributed by atoms with Crippen molar-refractivity contribution in [2.24, 2.45) is 0 Å². The highest BCUT2D eigenvalue weighted by atomic mass is 32.1. The predicted molar refractivity (Wildman–Crippen MR) is 98.9 cm³/mol. The summed E-state index contributed by atoms with van der Waals surface area (Å²) >= 11 is 5.61. The average Bonchev–Trinajstić information content (AvgIpc) is 2.55. The number of nitro benzene ring substituents is 1. The van der Waals surface area contributed by atoms with E-state index in [1.807, 2.05) is 43.0 Å². The normalized spacial score (nSPS) is 24.2. The van der Waals surface area contributed by atoms with E-state index in [0.29, 0.717) is 17.3 Å². The number of nitro groups is 1. The fourth-order valence-corrected chi connectivity index (χ4v) is 4.09. The number of aryl methyl sites for hydroxylation is 1. The molecule has 2 aliphatic rings. The molecule has 0 saturated carbocycles. The van der Waals surface area contributed by atoms with E-state index in [-0.39, 0.29) is 11.7 Å². The van der Waals surface area contributed by atoms with Crippen molar-refractivity contribution in [1.29, 1.82) is 0 Å². The second-order valence-corrected chi connectivity index (χ2v) is 6.97. The molecule has 2 bridgehead atoms. The molecular weight excluding hydrogens is 338 g/mol. The maximum Gasteiger partial charge on any atom is 0.270 e. The Bertz CT molecular complexity index is 901. The highest BCUT2D eigenvalue weighted by Gasteiger charge is 2.48. The van der Waals surface area contributed by atoms with Crippen LogP contribution in [0, 0.1) is 17.0 Å². The molecule has 2 aliphatic heterocycles. The number of hydrogen-bond acceptors (Lipinski definition) is 4. The number of benzene rings is 2. The van der Waals surface area contributed by atoms with Gasteiger partial charge in [-0.25, -0.2) is 0 Å². The summed E-state index contributed by atoms with van der Waals surface area (Å²) in [7, 11) is 0. The monoisotopic (exact) mass is 355 g/mol. The fourth-order valence-electron chi connectivity index (χ4n) is 3.65. The molecule has 6 nitrogen and oxygen atoms in total. The summed E-state index contributed by atoms with van der Waals surface area (Å²) in [6, 6.07) is 12.6. The minimum Gasteiger partial charge on any atom is -0.467 e. The molecule has 0 aromatic heterocycles. The Kier molecular flexibility index (Phi) is 3.43. The summed E-state index contributed by atoms with van der Waals surface area (Å²) in [4.78, 5) is 12.7. The Labute approximate surface area is 150 Å². The molecule has 0 spiro atoms. The molecule has 0 amide bonds. The van der Waals surface area contributed by atoms with Gasteiger partial charge < -0.3 is 10.1 Å². The average molecular weight is 355 g/mol. The molecule has 1 N–H and O–H groups in total. The number of nitrogens with one attached hydrogen (secondary N) is 1. The van der Waals surface area contributed by atoms with E-state index in [0.717, 1.165) is 16.8 Å². The van der Waals surface area contributed by atoms with Gasteiger partial charge in [0.1, 0.15) is 5.75 Å². The van der Waals surface area contributed by atoms with Gasteiger partial charge in [-0.2, -0.15) is 0 Å². The van der Waals surface area contributed by atoms with E-state index in [9.17, 15) is 10.1 Å². The van der Waals surface area contributed by atoms with Crippen LogP contribution in [0.3, 0.4) is 0 Å². The van der Waals surface area contributed by atoms with Crippen LogP contribution in [0.25, 0.3) is 0 Å². The Morgan fingerprint density at radius 1 is 1.36 bits per heavy atom. The third-order valence-electron chi connectivity index (χ3n) is 4.82. The smallest absolute Gasteiger partial charge is 0.270 e. The fraction of sp³-hybridized carbons (Fsp3) is 0.278. The lowest BCUT2D eigenvalue weighted by Gasteiger charge is -2.52. The summed E-state index contributed by atoms with van der Waals surface area (Å²) in [6.45, 7) is 4.04. The molecule has 2 aromatic carbocycles. The number of rotatable bonds is 2. The van der Waals surface area contributed by atoms with Gasteiger partial charge in [-0.3, -0.25) is 15.0 Å². The first-order chi connectivity index (χ1) is 11.9. The van der Waals surface area contributed by atoms with E-state index >= 15 is 0 Å². The zero-order valence-electron chi connectivity index (χ0n) is 13.9. The number of thiocarbonyl (C=S) groups is 1. The van der Waals surface area contributed by atoms with Crippen molar-refractivity contribution >= 4 is 28.7 Å². The minimum atomic E-state index is -0.651. The summed E-state index contributed by atoms with van der Waals surface area (Å²) < 4.78 is 6.29. The maximum absolute atomic E-state index is 11.1. The number of hydrogen-bond donors (Lipinski definition) is 1. The first-order valence-electron chi connectivity index (χ1n) is 8.03. The SMILES string of the molecule is Cc1ccccc1N1C(=S)N[C@H]2C[C@@]1(C)Oc1ccc([N+](=O)[O-])cc12. The zero-order chi connectivity index (χ0) is 17.8. The number of nitrogens with zero attached hydrogens (tertiary/aromatic N) is 2. The molecule has 2 heterocycles. The molecule has 7 heteroatoms. The molecule has 1 fully saturated rings. The van der Waals surface area contributed by atoms with E-state index < -0.39 is 10.6 Å². The molecule has 2 atom stereocenters. The first-order valence-corrected chi connectivity index (χ1v) is 8.43. The summed E-state index contributed by atoms with van der Waals surface area (Å²) in [5, 5.41) is 15.0. The van der Waals surface area contributed by atoms with Crippen molar-refractivity contribution in [3.05, 3.63) is 63.7 Å². The van der Waals surface area contributed by atoms with Gasteiger partial charge in [0.15, 0.2) is 10.8 Å². The number of para-hydroxylation sites is 1. The largest absolute Gasteiger partial charge is 0.467 e. The maximum atomic E-state index is 11.1. The van der Waals surface area contributed by atoms with Gasteiger partial charge in [0, 0.05) is 29.8 Å². The van der Waals surface area contributed by atoms with Gasteiger partial charge in [-0.1, -0.05) is 18.2 Å². The van der Waals surface area contributed by atoms with Crippen LogP contribution in [0.15, 0.2) is 42.5 Å². The molecule has 0 unspecified atom stereocenters. The van der Waals surface area contributed by atoms with E-state index in [4.69, 9.17) is 17.0 Å². The summed E-state index contributed by atoms with van der Waals surface area (Å²) in [5.74, 6) is 0.651. The lowest BCUT2D eigenvalue weighted by Crippen LogP contribution is -2.65. The quantitative estimate of drug-likeness (QED) is 0.502. The highest BCUT2D eigenvalue weighted by molar-refractivity contribution is 7.80. The lowest BCUT2D eigenvalue weighted by molar-refractivity contribution is -0.385. The van der Waals surface area contributed by atoms with Crippen molar-refractivity contribution in [3.8, 4) is 5.75 Å². The lowest BCUT2D eigenvalue weighted by atomic mass is 9.89.